The van der Waals surface area contributed by atoms with Crippen molar-refractivity contribution in [1.82, 2.24) is 5.32 Å². The number of aromatic hydroxyl groups is 1. The van der Waals surface area contributed by atoms with Gasteiger partial charge < -0.3 is 15.5 Å². The minimum absolute atomic E-state index is 0.0547. The van der Waals surface area contributed by atoms with Gasteiger partial charge in [-0.2, -0.15) is 0 Å². The van der Waals surface area contributed by atoms with Crippen LogP contribution in [0.4, 0.5) is 0 Å². The van der Waals surface area contributed by atoms with E-state index in [1.807, 2.05) is 42.5 Å². The standard InChI is InChI=1S/C17H19NO2/c19-11-17(12-4-2-1-3-5-12)18-16-9-6-13-10-14(20)7-8-15(13)16/h1-5,7-8,10,16-20H,6,9,11H2/t16?,17-/m1/s1. The third-order valence-corrected chi connectivity index (χ3v) is 3.99. The van der Waals surface area contributed by atoms with E-state index < -0.39 is 0 Å². The van der Waals surface area contributed by atoms with Gasteiger partial charge in [-0.05, 0) is 41.7 Å². The third-order valence-electron chi connectivity index (χ3n) is 3.99. The lowest BCUT2D eigenvalue weighted by molar-refractivity contribution is 0.233. The molecule has 3 nitrogen and oxygen atoms in total. The van der Waals surface area contributed by atoms with Crippen molar-refractivity contribution in [2.24, 2.45) is 0 Å². The van der Waals surface area contributed by atoms with Gasteiger partial charge in [-0.3, -0.25) is 0 Å². The first-order valence-electron chi connectivity index (χ1n) is 7.01. The zero-order valence-corrected chi connectivity index (χ0v) is 11.3. The Labute approximate surface area is 118 Å². The van der Waals surface area contributed by atoms with Crippen molar-refractivity contribution in [3.8, 4) is 5.75 Å². The molecular formula is C17H19NO2. The fourth-order valence-electron chi connectivity index (χ4n) is 2.96. The van der Waals surface area contributed by atoms with Crippen LogP contribution in [0.15, 0.2) is 48.5 Å². The molecule has 0 aromatic heterocycles. The van der Waals surface area contributed by atoms with Crippen LogP contribution in [0, 0.1) is 0 Å². The molecule has 2 aromatic carbocycles. The van der Waals surface area contributed by atoms with Gasteiger partial charge >= 0.3 is 0 Å². The number of rotatable bonds is 4. The number of aryl methyl sites for hydroxylation is 1. The molecule has 0 amide bonds. The largest absolute Gasteiger partial charge is 0.508 e. The van der Waals surface area contributed by atoms with Gasteiger partial charge in [0.25, 0.3) is 0 Å². The van der Waals surface area contributed by atoms with E-state index in [1.54, 1.807) is 6.07 Å². The highest BCUT2D eigenvalue weighted by Gasteiger charge is 2.25. The molecule has 0 saturated carbocycles. The molecule has 1 unspecified atom stereocenters. The summed E-state index contributed by atoms with van der Waals surface area (Å²) >= 11 is 0. The van der Waals surface area contributed by atoms with E-state index in [1.165, 1.54) is 11.1 Å². The molecule has 0 heterocycles. The van der Waals surface area contributed by atoms with E-state index in [2.05, 4.69) is 5.32 Å². The Kier molecular flexibility index (Phi) is 3.72. The number of benzene rings is 2. The molecule has 3 heteroatoms. The van der Waals surface area contributed by atoms with Crippen LogP contribution in [0.3, 0.4) is 0 Å². The Hall–Kier alpha value is -1.84. The maximum Gasteiger partial charge on any atom is 0.115 e. The molecule has 20 heavy (non-hydrogen) atoms. The SMILES string of the molecule is OC[C@@H](NC1CCc2cc(O)ccc21)c1ccccc1. The summed E-state index contributed by atoms with van der Waals surface area (Å²) in [5, 5.41) is 22.7. The van der Waals surface area contributed by atoms with E-state index in [0.717, 1.165) is 18.4 Å². The average Bonchev–Trinajstić information content (AvgIpc) is 2.87. The summed E-state index contributed by atoms with van der Waals surface area (Å²) in [6.45, 7) is 0.0773. The highest BCUT2D eigenvalue weighted by atomic mass is 16.3. The molecule has 1 aliphatic rings. The average molecular weight is 269 g/mol. The summed E-state index contributed by atoms with van der Waals surface area (Å²) in [7, 11) is 0. The van der Waals surface area contributed by atoms with Crippen LogP contribution in [0.1, 0.15) is 35.2 Å². The zero-order chi connectivity index (χ0) is 13.9. The molecular weight excluding hydrogens is 250 g/mol. The van der Waals surface area contributed by atoms with Crippen molar-refractivity contribution in [3.63, 3.8) is 0 Å². The molecule has 0 bridgehead atoms. The zero-order valence-electron chi connectivity index (χ0n) is 11.3. The van der Waals surface area contributed by atoms with Gasteiger partial charge in [-0.15, -0.1) is 0 Å². The van der Waals surface area contributed by atoms with Crippen LogP contribution >= 0.6 is 0 Å². The summed E-state index contributed by atoms with van der Waals surface area (Å²) in [6, 6.07) is 15.7. The fraction of sp³-hybridized carbons (Fsp3) is 0.294. The van der Waals surface area contributed by atoms with E-state index >= 15 is 0 Å². The van der Waals surface area contributed by atoms with Gasteiger partial charge in [0, 0.05) is 6.04 Å². The van der Waals surface area contributed by atoms with Crippen molar-refractivity contribution in [1.29, 1.82) is 0 Å². The van der Waals surface area contributed by atoms with Crippen molar-refractivity contribution >= 4 is 0 Å². The molecule has 0 aliphatic heterocycles. The number of nitrogens with one attached hydrogen (secondary N) is 1. The van der Waals surface area contributed by atoms with Gasteiger partial charge in [0.05, 0.1) is 12.6 Å². The quantitative estimate of drug-likeness (QED) is 0.800. The van der Waals surface area contributed by atoms with Gasteiger partial charge in [0.2, 0.25) is 0 Å². The van der Waals surface area contributed by atoms with Crippen LogP contribution in [-0.2, 0) is 6.42 Å². The molecule has 2 atom stereocenters. The van der Waals surface area contributed by atoms with E-state index in [4.69, 9.17) is 0 Å². The van der Waals surface area contributed by atoms with Crippen molar-refractivity contribution < 1.29 is 10.2 Å². The maximum atomic E-state index is 9.63. The van der Waals surface area contributed by atoms with Crippen molar-refractivity contribution in [2.45, 2.75) is 24.9 Å². The van der Waals surface area contributed by atoms with Gasteiger partial charge in [-0.25, -0.2) is 0 Å². The second-order valence-corrected chi connectivity index (χ2v) is 5.29. The molecule has 3 rings (SSSR count). The first-order chi connectivity index (χ1) is 9.78. The predicted molar refractivity (Wildman–Crippen MR) is 78.6 cm³/mol. The van der Waals surface area contributed by atoms with E-state index in [0.29, 0.717) is 5.75 Å². The number of phenols is 1. The molecule has 3 N–H and O–H groups in total. The lowest BCUT2D eigenvalue weighted by Gasteiger charge is -2.22. The lowest BCUT2D eigenvalue weighted by Crippen LogP contribution is -2.27. The topological polar surface area (TPSA) is 52.5 Å². The third kappa shape index (κ3) is 2.55. The molecule has 0 fully saturated rings. The monoisotopic (exact) mass is 269 g/mol. The molecule has 0 spiro atoms. The Bertz CT molecular complexity index is 583. The smallest absolute Gasteiger partial charge is 0.115 e. The number of hydrogen-bond acceptors (Lipinski definition) is 3. The highest BCUT2D eigenvalue weighted by Crippen LogP contribution is 2.34. The molecule has 1 aliphatic carbocycles. The van der Waals surface area contributed by atoms with Crippen LogP contribution in [0.5, 0.6) is 5.75 Å². The van der Waals surface area contributed by atoms with Crippen LogP contribution in [-0.4, -0.2) is 16.8 Å². The number of aliphatic hydroxyl groups is 1. The molecule has 2 aromatic rings. The Morgan fingerprint density at radius 2 is 1.95 bits per heavy atom. The first-order valence-corrected chi connectivity index (χ1v) is 7.01. The summed E-state index contributed by atoms with van der Waals surface area (Å²) in [5.41, 5.74) is 3.53. The number of aliphatic hydroxyl groups excluding tert-OH is 1. The molecule has 0 saturated heterocycles. The fourth-order valence-corrected chi connectivity index (χ4v) is 2.96. The number of fused-ring (bicyclic) bond motifs is 1. The van der Waals surface area contributed by atoms with Crippen LogP contribution < -0.4 is 5.32 Å². The van der Waals surface area contributed by atoms with Crippen LogP contribution in [0.2, 0.25) is 0 Å². The first kappa shape index (κ1) is 13.2. The molecule has 0 radical (unpaired) electrons. The number of phenolic OH excluding ortho intramolecular Hbond substituents is 1. The van der Waals surface area contributed by atoms with Gasteiger partial charge in [0.1, 0.15) is 5.75 Å². The van der Waals surface area contributed by atoms with Gasteiger partial charge in [0.15, 0.2) is 0 Å². The maximum absolute atomic E-state index is 9.63. The van der Waals surface area contributed by atoms with E-state index in [9.17, 15) is 10.2 Å². The second-order valence-electron chi connectivity index (χ2n) is 5.29. The van der Waals surface area contributed by atoms with Crippen LogP contribution in [0.25, 0.3) is 0 Å². The minimum atomic E-state index is -0.0547. The normalized spacial score (nSPS) is 18.8. The Balaban J connectivity index is 1.79. The predicted octanol–water partition coefficient (Wildman–Crippen LogP) is 2.70. The number of hydrogen-bond donors (Lipinski definition) is 3. The minimum Gasteiger partial charge on any atom is -0.508 e. The Morgan fingerprint density at radius 3 is 2.70 bits per heavy atom. The summed E-state index contributed by atoms with van der Waals surface area (Å²) in [4.78, 5) is 0. The Morgan fingerprint density at radius 1 is 1.15 bits per heavy atom. The van der Waals surface area contributed by atoms with Crippen molar-refractivity contribution in [2.75, 3.05) is 6.61 Å². The summed E-state index contributed by atoms with van der Waals surface area (Å²) in [5.74, 6) is 0.325. The summed E-state index contributed by atoms with van der Waals surface area (Å²) < 4.78 is 0. The highest BCUT2D eigenvalue weighted by molar-refractivity contribution is 5.40. The molecule has 104 valence electrons. The van der Waals surface area contributed by atoms with Crippen molar-refractivity contribution in [3.05, 3.63) is 65.2 Å². The van der Waals surface area contributed by atoms with E-state index in [-0.39, 0.29) is 18.7 Å². The van der Waals surface area contributed by atoms with Gasteiger partial charge in [-0.1, -0.05) is 36.4 Å². The second kappa shape index (κ2) is 5.65. The lowest BCUT2D eigenvalue weighted by atomic mass is 10.0. The summed E-state index contributed by atoms with van der Waals surface area (Å²) in [6.07, 6.45) is 1.97.